The van der Waals surface area contributed by atoms with Crippen molar-refractivity contribution in [3.63, 3.8) is 0 Å². The fraction of sp³-hybridized carbons (Fsp3) is 0.300. The van der Waals surface area contributed by atoms with E-state index in [9.17, 15) is 9.59 Å². The van der Waals surface area contributed by atoms with E-state index in [0.29, 0.717) is 29.5 Å². The number of nitrogens with one attached hydrogen (secondary N) is 2. The first-order chi connectivity index (χ1) is 12.3. The molecule has 136 valence electrons. The molecule has 1 aliphatic heterocycles. The predicted octanol–water partition coefficient (Wildman–Crippen LogP) is 3.37. The molecule has 0 saturated heterocycles. The van der Waals surface area contributed by atoms with Crippen LogP contribution in [-0.2, 0) is 9.59 Å². The largest absolute Gasteiger partial charge is 0.490 e. The van der Waals surface area contributed by atoms with Crippen molar-refractivity contribution in [2.24, 2.45) is 5.41 Å². The highest BCUT2D eigenvalue weighted by Gasteiger charge is 2.32. The van der Waals surface area contributed by atoms with Gasteiger partial charge in [0.05, 0.1) is 11.1 Å². The summed E-state index contributed by atoms with van der Waals surface area (Å²) in [6.07, 6.45) is 0. The van der Waals surface area contributed by atoms with Crippen LogP contribution in [0.5, 0.6) is 11.5 Å². The van der Waals surface area contributed by atoms with Crippen molar-refractivity contribution in [3.8, 4) is 11.5 Å². The summed E-state index contributed by atoms with van der Waals surface area (Å²) >= 11 is 0. The van der Waals surface area contributed by atoms with Crippen molar-refractivity contribution < 1.29 is 19.1 Å². The molecule has 0 aliphatic carbocycles. The second-order valence-electron chi connectivity index (χ2n) is 6.99. The third-order valence-corrected chi connectivity index (χ3v) is 4.07. The van der Waals surface area contributed by atoms with E-state index in [0.717, 1.165) is 5.56 Å². The quantitative estimate of drug-likeness (QED) is 0.883. The molecule has 0 atom stereocenters. The number of hydrogen-bond acceptors (Lipinski definition) is 4. The van der Waals surface area contributed by atoms with E-state index in [1.807, 2.05) is 39.0 Å². The Morgan fingerprint density at radius 2 is 2.08 bits per heavy atom. The number of rotatable bonds is 4. The van der Waals surface area contributed by atoms with Gasteiger partial charge >= 0.3 is 0 Å². The number of ether oxygens (including phenoxy) is 2. The maximum absolute atomic E-state index is 12.2. The van der Waals surface area contributed by atoms with Gasteiger partial charge in [-0.05, 0) is 56.7 Å². The van der Waals surface area contributed by atoms with Crippen molar-refractivity contribution in [3.05, 3.63) is 48.0 Å². The van der Waals surface area contributed by atoms with Crippen LogP contribution in [0, 0.1) is 12.3 Å². The minimum atomic E-state index is -0.621. The van der Waals surface area contributed by atoms with Gasteiger partial charge in [0.15, 0.2) is 6.61 Å². The maximum Gasteiger partial charge on any atom is 0.262 e. The molecule has 6 heteroatoms. The Morgan fingerprint density at radius 3 is 2.85 bits per heavy atom. The van der Waals surface area contributed by atoms with Crippen LogP contribution in [0.4, 0.5) is 11.4 Å². The van der Waals surface area contributed by atoms with E-state index < -0.39 is 5.41 Å². The molecule has 2 aromatic rings. The van der Waals surface area contributed by atoms with Gasteiger partial charge in [-0.3, -0.25) is 9.59 Å². The molecule has 0 spiro atoms. The topological polar surface area (TPSA) is 76.7 Å². The van der Waals surface area contributed by atoms with Crippen LogP contribution in [-0.4, -0.2) is 25.0 Å². The number of hydrogen-bond donors (Lipinski definition) is 2. The molecule has 6 nitrogen and oxygen atoms in total. The maximum atomic E-state index is 12.2. The second-order valence-corrected chi connectivity index (χ2v) is 6.99. The van der Waals surface area contributed by atoms with E-state index in [1.165, 1.54) is 0 Å². The predicted molar refractivity (Wildman–Crippen MR) is 99.7 cm³/mol. The molecule has 26 heavy (non-hydrogen) atoms. The second kappa shape index (κ2) is 7.07. The number of fused-ring (bicyclic) bond motifs is 1. The SMILES string of the molecule is Cc1cccc(OCC(=O)Nc2ccc3c(c2)NC(=O)C(C)(C)CO3)c1. The van der Waals surface area contributed by atoms with E-state index >= 15 is 0 Å². The fourth-order valence-corrected chi connectivity index (χ4v) is 2.50. The molecular formula is C20H22N2O4. The Morgan fingerprint density at radius 1 is 1.27 bits per heavy atom. The third-order valence-electron chi connectivity index (χ3n) is 4.07. The smallest absolute Gasteiger partial charge is 0.262 e. The lowest BCUT2D eigenvalue weighted by Gasteiger charge is -2.18. The fourth-order valence-electron chi connectivity index (χ4n) is 2.50. The summed E-state index contributed by atoms with van der Waals surface area (Å²) in [5.74, 6) is 0.818. The summed E-state index contributed by atoms with van der Waals surface area (Å²) < 4.78 is 11.2. The van der Waals surface area contributed by atoms with Crippen LogP contribution in [0.15, 0.2) is 42.5 Å². The lowest BCUT2D eigenvalue weighted by molar-refractivity contribution is -0.125. The Balaban J connectivity index is 1.64. The molecule has 2 aromatic carbocycles. The lowest BCUT2D eigenvalue weighted by Crippen LogP contribution is -2.33. The first-order valence-corrected chi connectivity index (χ1v) is 8.41. The van der Waals surface area contributed by atoms with E-state index in [2.05, 4.69) is 10.6 Å². The Hall–Kier alpha value is -3.02. The van der Waals surface area contributed by atoms with Gasteiger partial charge < -0.3 is 20.1 Å². The van der Waals surface area contributed by atoms with Crippen molar-refractivity contribution in [1.29, 1.82) is 0 Å². The average Bonchev–Trinajstić information content (AvgIpc) is 2.69. The number of anilines is 2. The molecule has 0 fully saturated rings. The van der Waals surface area contributed by atoms with Crippen molar-refractivity contribution in [2.75, 3.05) is 23.8 Å². The highest BCUT2D eigenvalue weighted by molar-refractivity contribution is 5.98. The van der Waals surface area contributed by atoms with Crippen LogP contribution >= 0.6 is 0 Å². The number of amides is 2. The standard InChI is InChI=1S/C20H22N2O4/c1-13-5-4-6-15(9-13)25-11-18(23)21-14-7-8-17-16(10-14)22-19(24)20(2,3)12-26-17/h4-10H,11-12H2,1-3H3,(H,21,23)(H,22,24). The molecule has 0 bridgehead atoms. The van der Waals surface area contributed by atoms with Crippen LogP contribution in [0.2, 0.25) is 0 Å². The van der Waals surface area contributed by atoms with Gasteiger partial charge in [0.25, 0.3) is 5.91 Å². The van der Waals surface area contributed by atoms with Gasteiger partial charge in [-0.25, -0.2) is 0 Å². The Bertz CT molecular complexity index is 845. The minimum absolute atomic E-state index is 0.101. The summed E-state index contributed by atoms with van der Waals surface area (Å²) in [5, 5.41) is 5.61. The minimum Gasteiger partial charge on any atom is -0.490 e. The molecule has 0 radical (unpaired) electrons. The van der Waals surface area contributed by atoms with Crippen LogP contribution in [0.1, 0.15) is 19.4 Å². The van der Waals surface area contributed by atoms with Crippen molar-refractivity contribution >= 4 is 23.2 Å². The summed E-state index contributed by atoms with van der Waals surface area (Å²) in [5.41, 5.74) is 1.54. The molecule has 0 aromatic heterocycles. The van der Waals surface area contributed by atoms with Crippen molar-refractivity contribution in [2.45, 2.75) is 20.8 Å². The van der Waals surface area contributed by atoms with Gasteiger partial charge in [-0.2, -0.15) is 0 Å². The molecule has 2 amide bonds. The van der Waals surface area contributed by atoms with Crippen LogP contribution in [0.3, 0.4) is 0 Å². The molecule has 2 N–H and O–H groups in total. The summed E-state index contributed by atoms with van der Waals surface area (Å²) in [4.78, 5) is 24.3. The molecular weight excluding hydrogens is 332 g/mol. The highest BCUT2D eigenvalue weighted by Crippen LogP contribution is 2.34. The molecule has 1 aliphatic rings. The highest BCUT2D eigenvalue weighted by atomic mass is 16.5. The van der Waals surface area contributed by atoms with Crippen molar-refractivity contribution in [1.82, 2.24) is 0 Å². The lowest BCUT2D eigenvalue weighted by atomic mass is 9.94. The summed E-state index contributed by atoms with van der Waals surface area (Å²) in [6.45, 7) is 5.79. The van der Waals surface area contributed by atoms with Gasteiger partial charge in [-0.15, -0.1) is 0 Å². The zero-order valence-corrected chi connectivity index (χ0v) is 15.1. The zero-order chi connectivity index (χ0) is 18.7. The van der Waals surface area contributed by atoms with E-state index in [-0.39, 0.29) is 18.4 Å². The van der Waals surface area contributed by atoms with Crippen LogP contribution < -0.4 is 20.1 Å². The molecule has 1 heterocycles. The Labute approximate surface area is 152 Å². The Kier molecular flexibility index (Phi) is 4.84. The third kappa shape index (κ3) is 4.14. The molecule has 0 unspecified atom stereocenters. The normalized spacial score (nSPS) is 15.1. The zero-order valence-electron chi connectivity index (χ0n) is 15.1. The van der Waals surface area contributed by atoms with Gasteiger partial charge in [0.2, 0.25) is 5.91 Å². The van der Waals surface area contributed by atoms with E-state index in [1.54, 1.807) is 24.3 Å². The van der Waals surface area contributed by atoms with Gasteiger partial charge in [0, 0.05) is 5.69 Å². The van der Waals surface area contributed by atoms with Gasteiger partial charge in [-0.1, -0.05) is 12.1 Å². The number of carbonyl (C=O) groups excluding carboxylic acids is 2. The van der Waals surface area contributed by atoms with Gasteiger partial charge in [0.1, 0.15) is 18.1 Å². The summed E-state index contributed by atoms with van der Waals surface area (Å²) in [7, 11) is 0. The molecule has 3 rings (SSSR count). The monoisotopic (exact) mass is 354 g/mol. The first-order valence-electron chi connectivity index (χ1n) is 8.41. The number of aryl methyl sites for hydroxylation is 1. The summed E-state index contributed by atoms with van der Waals surface area (Å²) in [6, 6.07) is 12.6. The number of carbonyl (C=O) groups is 2. The average molecular weight is 354 g/mol. The molecule has 0 saturated carbocycles. The van der Waals surface area contributed by atoms with E-state index in [4.69, 9.17) is 9.47 Å². The van der Waals surface area contributed by atoms with Crippen LogP contribution in [0.25, 0.3) is 0 Å². The number of benzene rings is 2. The first kappa shape index (κ1) is 17.8.